The van der Waals surface area contributed by atoms with Gasteiger partial charge < -0.3 is 24.4 Å². The number of fused-ring (bicyclic) bond motifs is 2. The minimum atomic E-state index is 0.0758. The highest BCUT2D eigenvalue weighted by molar-refractivity contribution is 5.94. The van der Waals surface area contributed by atoms with Crippen molar-refractivity contribution in [1.29, 1.82) is 0 Å². The predicted molar refractivity (Wildman–Crippen MR) is 143 cm³/mol. The molecule has 9 nitrogen and oxygen atoms in total. The van der Waals surface area contributed by atoms with Gasteiger partial charge in [0.25, 0.3) is 0 Å². The Morgan fingerprint density at radius 1 is 1.11 bits per heavy atom. The van der Waals surface area contributed by atoms with Crippen LogP contribution in [0.4, 0.5) is 11.8 Å². The molecule has 1 saturated heterocycles. The summed E-state index contributed by atoms with van der Waals surface area (Å²) in [5.74, 6) is 1.57. The van der Waals surface area contributed by atoms with Gasteiger partial charge in [-0.05, 0) is 32.2 Å². The summed E-state index contributed by atoms with van der Waals surface area (Å²) in [6, 6.07) is 10.4. The van der Waals surface area contributed by atoms with Crippen LogP contribution in [0.2, 0.25) is 0 Å². The molecule has 1 amide bonds. The zero-order chi connectivity index (χ0) is 25.4. The first kappa shape index (κ1) is 23.8. The topological polar surface area (TPSA) is 90.6 Å². The monoisotopic (exact) mass is 487 g/mol. The van der Waals surface area contributed by atoms with Gasteiger partial charge in [0.15, 0.2) is 0 Å². The molecule has 5 rings (SSSR count). The molecule has 188 valence electrons. The van der Waals surface area contributed by atoms with Gasteiger partial charge in [-0.15, -0.1) is 0 Å². The molecule has 0 saturated carbocycles. The summed E-state index contributed by atoms with van der Waals surface area (Å²) in [5, 5.41) is 14.1. The van der Waals surface area contributed by atoms with E-state index in [9.17, 15) is 9.90 Å². The maximum Gasteiger partial charge on any atom is 0.228 e. The molecule has 0 unspecified atom stereocenters. The molecular weight excluding hydrogens is 454 g/mol. The molecule has 1 fully saturated rings. The number of anilines is 2. The average Bonchev–Trinajstić information content (AvgIpc) is 3.23. The van der Waals surface area contributed by atoms with E-state index in [-0.39, 0.29) is 17.8 Å². The number of benzene rings is 1. The molecule has 1 N–H and O–H groups in total. The first-order valence-corrected chi connectivity index (χ1v) is 12.6. The van der Waals surface area contributed by atoms with E-state index in [0.717, 1.165) is 27.7 Å². The molecule has 0 radical (unpaired) electrons. The average molecular weight is 488 g/mol. The van der Waals surface area contributed by atoms with Crippen molar-refractivity contribution < 1.29 is 9.90 Å². The molecule has 0 bridgehead atoms. The van der Waals surface area contributed by atoms with Crippen LogP contribution in [0.25, 0.3) is 21.7 Å². The van der Waals surface area contributed by atoms with E-state index in [1.54, 1.807) is 6.92 Å². The van der Waals surface area contributed by atoms with Gasteiger partial charge in [0.2, 0.25) is 17.7 Å². The van der Waals surface area contributed by atoms with Gasteiger partial charge in [-0.25, -0.2) is 4.98 Å². The number of aromatic hydroxyl groups is 1. The first-order valence-electron chi connectivity index (χ1n) is 12.6. The van der Waals surface area contributed by atoms with Crippen molar-refractivity contribution in [3.05, 3.63) is 48.4 Å². The van der Waals surface area contributed by atoms with Crippen molar-refractivity contribution in [1.82, 2.24) is 24.4 Å². The number of piperazine rings is 1. The van der Waals surface area contributed by atoms with Crippen LogP contribution in [0.15, 0.2) is 42.7 Å². The number of rotatable bonds is 6. The summed E-state index contributed by atoms with van der Waals surface area (Å²) in [7, 11) is 0. The van der Waals surface area contributed by atoms with Gasteiger partial charge >= 0.3 is 0 Å². The number of hydrogen-bond donors (Lipinski definition) is 1. The van der Waals surface area contributed by atoms with Crippen molar-refractivity contribution in [2.24, 2.45) is 0 Å². The fourth-order valence-electron chi connectivity index (χ4n) is 4.80. The van der Waals surface area contributed by atoms with Crippen molar-refractivity contribution in [3.8, 4) is 5.88 Å². The van der Waals surface area contributed by atoms with Crippen molar-refractivity contribution in [2.75, 3.05) is 42.5 Å². The standard InChI is InChI=1S/C27H33N7O2/c1-5-31(16-22-14-20-8-6-7-9-21(20)15-28-22)25-23-17-34(18(2)3)26(36)24(23)29-27(30-25)33-12-10-32(11-13-33)19(4)35/h6-9,14-15,17-18,36H,5,10-13,16H2,1-4H3. The maximum atomic E-state index is 11.8. The van der Waals surface area contributed by atoms with Crippen LogP contribution in [-0.4, -0.2) is 68.2 Å². The van der Waals surface area contributed by atoms with Crippen molar-refractivity contribution in [2.45, 2.75) is 40.3 Å². The Bertz CT molecular complexity index is 1410. The molecule has 4 aromatic rings. The molecule has 1 aliphatic rings. The second kappa shape index (κ2) is 9.64. The quantitative estimate of drug-likeness (QED) is 0.440. The number of hydrogen-bond acceptors (Lipinski definition) is 7. The SMILES string of the molecule is CCN(Cc1cc2ccccc2cn1)c1nc(N2CCN(C(C)=O)CC2)nc2c(O)n(C(C)C)cc12. The summed E-state index contributed by atoms with van der Waals surface area (Å²) >= 11 is 0. The third-order valence-corrected chi connectivity index (χ3v) is 6.92. The normalized spacial score (nSPS) is 14.2. The minimum absolute atomic E-state index is 0.0758. The third kappa shape index (κ3) is 4.41. The highest BCUT2D eigenvalue weighted by atomic mass is 16.3. The predicted octanol–water partition coefficient (Wildman–Crippen LogP) is 3.96. The van der Waals surface area contributed by atoms with E-state index >= 15 is 0 Å². The maximum absolute atomic E-state index is 11.8. The fourth-order valence-corrected chi connectivity index (χ4v) is 4.80. The van der Waals surface area contributed by atoms with Gasteiger partial charge in [0.1, 0.15) is 11.3 Å². The highest BCUT2D eigenvalue weighted by Gasteiger charge is 2.25. The van der Waals surface area contributed by atoms with Crippen LogP contribution in [0.1, 0.15) is 39.4 Å². The summed E-state index contributed by atoms with van der Waals surface area (Å²) in [6.45, 7) is 11.6. The van der Waals surface area contributed by atoms with E-state index < -0.39 is 0 Å². The van der Waals surface area contributed by atoms with Gasteiger partial charge in [0.05, 0.1) is 17.6 Å². The summed E-state index contributed by atoms with van der Waals surface area (Å²) in [6.07, 6.45) is 3.85. The molecule has 4 heterocycles. The van der Waals surface area contributed by atoms with Crippen LogP contribution in [0.5, 0.6) is 5.88 Å². The Labute approximate surface area is 211 Å². The Kier molecular flexibility index (Phi) is 6.38. The zero-order valence-electron chi connectivity index (χ0n) is 21.3. The smallest absolute Gasteiger partial charge is 0.228 e. The molecule has 36 heavy (non-hydrogen) atoms. The lowest BCUT2D eigenvalue weighted by Crippen LogP contribution is -2.48. The van der Waals surface area contributed by atoms with E-state index in [1.165, 1.54) is 0 Å². The summed E-state index contributed by atoms with van der Waals surface area (Å²) in [5.41, 5.74) is 1.49. The first-order chi connectivity index (χ1) is 17.4. The van der Waals surface area contributed by atoms with Crippen LogP contribution in [0.3, 0.4) is 0 Å². The van der Waals surface area contributed by atoms with Crippen LogP contribution >= 0.6 is 0 Å². The molecule has 0 aliphatic carbocycles. The van der Waals surface area contributed by atoms with Crippen LogP contribution in [0, 0.1) is 0 Å². The highest BCUT2D eigenvalue weighted by Crippen LogP contribution is 2.36. The Morgan fingerprint density at radius 3 is 2.50 bits per heavy atom. The van der Waals surface area contributed by atoms with E-state index in [4.69, 9.17) is 15.0 Å². The van der Waals surface area contributed by atoms with E-state index in [1.807, 2.05) is 47.8 Å². The number of pyridine rings is 1. The lowest BCUT2D eigenvalue weighted by molar-refractivity contribution is -0.129. The molecule has 1 aromatic carbocycles. The van der Waals surface area contributed by atoms with Gasteiger partial charge in [-0.1, -0.05) is 24.3 Å². The van der Waals surface area contributed by atoms with E-state index in [2.05, 4.69) is 34.9 Å². The molecule has 0 atom stereocenters. The molecule has 0 spiro atoms. The van der Waals surface area contributed by atoms with Crippen molar-refractivity contribution >= 4 is 39.3 Å². The van der Waals surface area contributed by atoms with Crippen LogP contribution in [-0.2, 0) is 11.3 Å². The fraction of sp³-hybridized carbons (Fsp3) is 0.407. The lowest BCUT2D eigenvalue weighted by Gasteiger charge is -2.34. The Morgan fingerprint density at radius 2 is 1.83 bits per heavy atom. The van der Waals surface area contributed by atoms with Crippen LogP contribution < -0.4 is 9.80 Å². The number of carbonyl (C=O) groups excluding carboxylic acids is 1. The second-order valence-electron chi connectivity index (χ2n) is 9.59. The Balaban J connectivity index is 1.56. The minimum Gasteiger partial charge on any atom is -0.493 e. The van der Waals surface area contributed by atoms with E-state index in [0.29, 0.717) is 50.7 Å². The number of aromatic nitrogens is 4. The largest absolute Gasteiger partial charge is 0.493 e. The van der Waals surface area contributed by atoms with Gasteiger partial charge in [-0.3, -0.25) is 9.78 Å². The lowest BCUT2D eigenvalue weighted by atomic mass is 10.1. The third-order valence-electron chi connectivity index (χ3n) is 6.92. The molecular formula is C27H33N7O2. The summed E-state index contributed by atoms with van der Waals surface area (Å²) < 4.78 is 1.84. The zero-order valence-corrected chi connectivity index (χ0v) is 21.3. The molecule has 9 heteroatoms. The molecule has 3 aromatic heterocycles. The van der Waals surface area contributed by atoms with Crippen molar-refractivity contribution in [3.63, 3.8) is 0 Å². The molecule has 1 aliphatic heterocycles. The second-order valence-corrected chi connectivity index (χ2v) is 9.59. The number of amides is 1. The summed E-state index contributed by atoms with van der Waals surface area (Å²) in [4.78, 5) is 32.4. The van der Waals surface area contributed by atoms with Gasteiger partial charge in [-0.2, -0.15) is 4.98 Å². The Hall–Kier alpha value is -3.88. The number of carbonyl (C=O) groups is 1. The number of nitrogens with zero attached hydrogens (tertiary/aromatic N) is 7. The van der Waals surface area contributed by atoms with Gasteiger partial charge in [0, 0.05) is 63.5 Å².